The number of sulfonamides is 1. The summed E-state index contributed by atoms with van der Waals surface area (Å²) in [5.41, 5.74) is 3.15. The Labute approximate surface area is 190 Å². The molecule has 0 unspecified atom stereocenters. The molecule has 0 saturated carbocycles. The zero-order valence-corrected chi connectivity index (χ0v) is 19.4. The van der Waals surface area contributed by atoms with Crippen molar-refractivity contribution in [1.29, 1.82) is 0 Å². The minimum atomic E-state index is -3.50. The second kappa shape index (κ2) is 8.97. The number of halogens is 1. The smallest absolute Gasteiger partial charge is 0.252 e. The van der Waals surface area contributed by atoms with E-state index in [4.69, 9.17) is 0 Å². The van der Waals surface area contributed by atoms with E-state index in [2.05, 4.69) is 5.10 Å². The maximum absolute atomic E-state index is 13.2. The van der Waals surface area contributed by atoms with Gasteiger partial charge in [-0.3, -0.25) is 4.79 Å². The lowest BCUT2D eigenvalue weighted by Crippen LogP contribution is -2.50. The normalized spacial score (nSPS) is 15.5. The third-order valence-corrected chi connectivity index (χ3v) is 8.72. The first-order chi connectivity index (χ1) is 15.3. The monoisotopic (exact) mass is 474 g/mol. The van der Waals surface area contributed by atoms with Crippen LogP contribution < -0.4 is 0 Å². The van der Waals surface area contributed by atoms with E-state index in [0.29, 0.717) is 17.3 Å². The lowest BCUT2D eigenvalue weighted by atomic mass is 10.1. The molecule has 1 aliphatic rings. The molecule has 0 bridgehead atoms. The fourth-order valence-corrected chi connectivity index (χ4v) is 6.24. The molecule has 1 aromatic carbocycles. The zero-order chi connectivity index (χ0) is 22.9. The van der Waals surface area contributed by atoms with Crippen LogP contribution in [0, 0.1) is 19.7 Å². The second-order valence-electron chi connectivity index (χ2n) is 7.47. The Balaban J connectivity index is 1.43. The van der Waals surface area contributed by atoms with Gasteiger partial charge in [-0.05, 0) is 55.6 Å². The molecule has 0 N–H and O–H groups in total. The van der Waals surface area contributed by atoms with E-state index >= 15 is 0 Å². The van der Waals surface area contributed by atoms with Crippen molar-refractivity contribution in [2.45, 2.75) is 18.1 Å². The SMILES string of the molecule is Cc1nn(-c2ccc(F)cc2)c(C)c1/C=C/C(=O)N1CCN(S(=O)(=O)c2cccs2)CC1. The van der Waals surface area contributed by atoms with Gasteiger partial charge >= 0.3 is 0 Å². The lowest BCUT2D eigenvalue weighted by Gasteiger charge is -2.33. The van der Waals surface area contributed by atoms with Gasteiger partial charge in [-0.25, -0.2) is 17.5 Å². The number of aromatic nitrogens is 2. The van der Waals surface area contributed by atoms with Gasteiger partial charge in [0.05, 0.1) is 11.4 Å². The van der Waals surface area contributed by atoms with Crippen molar-refractivity contribution in [2.24, 2.45) is 0 Å². The van der Waals surface area contributed by atoms with Crippen molar-refractivity contribution >= 4 is 33.3 Å². The van der Waals surface area contributed by atoms with Crippen LogP contribution in [0.5, 0.6) is 0 Å². The van der Waals surface area contributed by atoms with Gasteiger partial charge in [0, 0.05) is 43.5 Å². The first-order valence-corrected chi connectivity index (χ1v) is 12.4. The topological polar surface area (TPSA) is 75.5 Å². The third-order valence-electron chi connectivity index (χ3n) is 5.45. The van der Waals surface area contributed by atoms with Gasteiger partial charge in [0.2, 0.25) is 5.91 Å². The average molecular weight is 475 g/mol. The third kappa shape index (κ3) is 4.38. The molecule has 0 atom stereocenters. The lowest BCUT2D eigenvalue weighted by molar-refractivity contribution is -0.127. The summed E-state index contributed by atoms with van der Waals surface area (Å²) in [6.07, 6.45) is 3.23. The first kappa shape index (κ1) is 22.4. The molecule has 0 spiro atoms. The number of piperazine rings is 1. The van der Waals surface area contributed by atoms with Crippen LogP contribution in [0.15, 0.2) is 52.1 Å². The van der Waals surface area contributed by atoms with Crippen molar-refractivity contribution in [1.82, 2.24) is 19.0 Å². The molecule has 1 fully saturated rings. The molecule has 3 heterocycles. The Bertz CT molecular complexity index is 1240. The van der Waals surface area contributed by atoms with Crippen LogP contribution >= 0.6 is 11.3 Å². The number of amides is 1. The Morgan fingerprint density at radius 2 is 1.78 bits per heavy atom. The largest absolute Gasteiger partial charge is 0.337 e. The van der Waals surface area contributed by atoms with Gasteiger partial charge in [0.1, 0.15) is 10.0 Å². The van der Waals surface area contributed by atoms with Crippen molar-refractivity contribution in [3.63, 3.8) is 0 Å². The summed E-state index contributed by atoms with van der Waals surface area (Å²) in [6.45, 7) is 4.94. The predicted molar refractivity (Wildman–Crippen MR) is 122 cm³/mol. The first-order valence-electron chi connectivity index (χ1n) is 10.1. The van der Waals surface area contributed by atoms with E-state index in [9.17, 15) is 17.6 Å². The maximum Gasteiger partial charge on any atom is 0.252 e. The van der Waals surface area contributed by atoms with Crippen molar-refractivity contribution in [3.05, 3.63) is 70.6 Å². The molecule has 4 rings (SSSR count). The molecule has 32 heavy (non-hydrogen) atoms. The van der Waals surface area contributed by atoms with Crippen LogP contribution in [-0.4, -0.2) is 59.5 Å². The summed E-state index contributed by atoms with van der Waals surface area (Å²) in [5, 5.41) is 6.24. The van der Waals surface area contributed by atoms with Crippen molar-refractivity contribution in [2.75, 3.05) is 26.2 Å². The molecule has 10 heteroatoms. The van der Waals surface area contributed by atoms with Crippen molar-refractivity contribution < 1.29 is 17.6 Å². The number of carbonyl (C=O) groups is 1. The molecule has 1 aliphatic heterocycles. The quantitative estimate of drug-likeness (QED) is 0.532. The summed E-state index contributed by atoms with van der Waals surface area (Å²) in [5.74, 6) is -0.490. The minimum absolute atomic E-state index is 0.175. The number of aryl methyl sites for hydroxylation is 1. The average Bonchev–Trinajstić information content (AvgIpc) is 3.42. The zero-order valence-electron chi connectivity index (χ0n) is 17.7. The number of nitrogens with zero attached hydrogens (tertiary/aromatic N) is 4. The summed E-state index contributed by atoms with van der Waals surface area (Å²) in [7, 11) is -3.50. The molecular formula is C22H23FN4O3S2. The molecule has 1 amide bonds. The van der Waals surface area contributed by atoms with E-state index in [1.54, 1.807) is 45.3 Å². The highest BCUT2D eigenvalue weighted by Crippen LogP contribution is 2.23. The molecule has 2 aromatic heterocycles. The Morgan fingerprint density at radius 3 is 2.41 bits per heavy atom. The van der Waals surface area contributed by atoms with Crippen LogP contribution in [0.1, 0.15) is 17.0 Å². The van der Waals surface area contributed by atoms with Crippen LogP contribution in [0.4, 0.5) is 4.39 Å². The maximum atomic E-state index is 13.2. The van der Waals surface area contributed by atoms with E-state index in [-0.39, 0.29) is 24.8 Å². The molecular weight excluding hydrogens is 451 g/mol. The van der Waals surface area contributed by atoms with Crippen LogP contribution in [0.3, 0.4) is 0 Å². The molecule has 1 saturated heterocycles. The molecule has 7 nitrogen and oxygen atoms in total. The highest BCUT2D eigenvalue weighted by atomic mass is 32.2. The number of rotatable bonds is 5. The standard InChI is InChI=1S/C22H23FN4O3S2/c1-16-20(17(2)27(24-16)19-7-5-18(23)6-8-19)9-10-21(28)25-11-13-26(14-12-25)32(29,30)22-4-3-15-31-22/h3-10,15H,11-14H2,1-2H3/b10-9+. The van der Waals surface area contributed by atoms with E-state index in [0.717, 1.165) is 22.6 Å². The Morgan fingerprint density at radius 1 is 1.09 bits per heavy atom. The molecule has 0 aliphatic carbocycles. The van der Waals surface area contributed by atoms with Gasteiger partial charge in [-0.15, -0.1) is 11.3 Å². The highest BCUT2D eigenvalue weighted by molar-refractivity contribution is 7.91. The van der Waals surface area contributed by atoms with Gasteiger partial charge < -0.3 is 4.90 Å². The fraction of sp³-hybridized carbons (Fsp3) is 0.273. The molecule has 0 radical (unpaired) electrons. The predicted octanol–water partition coefficient (Wildman–Crippen LogP) is 3.24. The number of thiophene rings is 1. The fourth-order valence-electron chi connectivity index (χ4n) is 3.68. The minimum Gasteiger partial charge on any atom is -0.337 e. The van der Waals surface area contributed by atoms with Crippen LogP contribution in [0.2, 0.25) is 0 Å². The summed E-state index contributed by atoms with van der Waals surface area (Å²) < 4.78 is 42.0. The van der Waals surface area contributed by atoms with E-state index < -0.39 is 10.0 Å². The summed E-state index contributed by atoms with van der Waals surface area (Å²) in [6, 6.07) is 9.36. The van der Waals surface area contributed by atoms with Crippen molar-refractivity contribution in [3.8, 4) is 5.69 Å². The number of carbonyl (C=O) groups excluding carboxylic acids is 1. The number of benzene rings is 1. The van der Waals surface area contributed by atoms with Gasteiger partial charge in [0.15, 0.2) is 0 Å². The summed E-state index contributed by atoms with van der Waals surface area (Å²) >= 11 is 1.19. The van der Waals surface area contributed by atoms with Gasteiger partial charge in [0.25, 0.3) is 10.0 Å². The van der Waals surface area contributed by atoms with Gasteiger partial charge in [-0.2, -0.15) is 9.40 Å². The van der Waals surface area contributed by atoms with E-state index in [1.807, 2.05) is 13.8 Å². The van der Waals surface area contributed by atoms with Crippen LogP contribution in [-0.2, 0) is 14.8 Å². The highest BCUT2D eigenvalue weighted by Gasteiger charge is 2.30. The number of hydrogen-bond acceptors (Lipinski definition) is 5. The van der Waals surface area contributed by atoms with Crippen LogP contribution in [0.25, 0.3) is 11.8 Å². The number of hydrogen-bond donors (Lipinski definition) is 0. The molecule has 168 valence electrons. The second-order valence-corrected chi connectivity index (χ2v) is 10.6. The molecule has 3 aromatic rings. The van der Waals surface area contributed by atoms with E-state index in [1.165, 1.54) is 33.9 Å². The van der Waals surface area contributed by atoms with Gasteiger partial charge in [-0.1, -0.05) is 6.07 Å². The Kier molecular flexibility index (Phi) is 6.27. The Hall–Kier alpha value is -2.82. The summed E-state index contributed by atoms with van der Waals surface area (Å²) in [4.78, 5) is 14.3.